The van der Waals surface area contributed by atoms with Crippen LogP contribution in [0.2, 0.25) is 0 Å². The van der Waals surface area contributed by atoms with Gasteiger partial charge in [0, 0.05) is 36.5 Å². The molecule has 5 nitrogen and oxygen atoms in total. The fourth-order valence-corrected chi connectivity index (χ4v) is 3.45. The molecule has 0 spiro atoms. The molecule has 0 unspecified atom stereocenters. The highest BCUT2D eigenvalue weighted by molar-refractivity contribution is 7.98. The van der Waals surface area contributed by atoms with Crippen molar-refractivity contribution in [2.45, 2.75) is 25.0 Å². The second kappa shape index (κ2) is 10.6. The van der Waals surface area contributed by atoms with E-state index in [-0.39, 0.29) is 11.7 Å². The van der Waals surface area contributed by atoms with Crippen molar-refractivity contribution in [2.75, 3.05) is 12.3 Å². The Balaban J connectivity index is 1.29. The monoisotopic (exact) mass is 399 g/mol. The number of halogens is 1. The van der Waals surface area contributed by atoms with Crippen LogP contribution in [-0.2, 0) is 17.0 Å². The summed E-state index contributed by atoms with van der Waals surface area (Å²) in [5, 5.41) is 6.85. The van der Waals surface area contributed by atoms with Gasteiger partial charge in [-0.3, -0.25) is 4.79 Å². The van der Waals surface area contributed by atoms with E-state index in [1.54, 1.807) is 23.9 Å². The van der Waals surface area contributed by atoms with Crippen LogP contribution < -0.4 is 5.32 Å². The summed E-state index contributed by atoms with van der Waals surface area (Å²) in [6.45, 7) is 0.566. The number of benzene rings is 2. The first-order valence-electron chi connectivity index (χ1n) is 9.18. The largest absolute Gasteiger partial charge is 0.355 e. The van der Waals surface area contributed by atoms with Gasteiger partial charge in [0.25, 0.3) is 0 Å². The topological polar surface area (TPSA) is 68.0 Å². The van der Waals surface area contributed by atoms with Gasteiger partial charge in [-0.15, -0.1) is 0 Å². The lowest BCUT2D eigenvalue weighted by molar-refractivity contribution is -0.121. The van der Waals surface area contributed by atoms with Crippen molar-refractivity contribution in [3.8, 4) is 11.4 Å². The number of thioether (sulfide) groups is 1. The third-order valence-corrected chi connectivity index (χ3v) is 5.09. The molecule has 1 heterocycles. The van der Waals surface area contributed by atoms with Crippen molar-refractivity contribution in [3.05, 3.63) is 71.9 Å². The van der Waals surface area contributed by atoms with Crippen molar-refractivity contribution in [2.24, 2.45) is 0 Å². The van der Waals surface area contributed by atoms with Crippen LogP contribution >= 0.6 is 11.8 Å². The van der Waals surface area contributed by atoms with E-state index in [1.807, 2.05) is 36.4 Å². The molecule has 0 saturated heterocycles. The molecule has 1 amide bonds. The first-order chi connectivity index (χ1) is 13.7. The Morgan fingerprint density at radius 3 is 2.71 bits per heavy atom. The number of carbonyl (C=O) groups is 1. The minimum absolute atomic E-state index is 0.00529. The number of carbonyl (C=O) groups excluding carboxylic acids is 1. The summed E-state index contributed by atoms with van der Waals surface area (Å²) in [5.41, 5.74) is 1.59. The first-order valence-corrected chi connectivity index (χ1v) is 10.3. The van der Waals surface area contributed by atoms with Crippen LogP contribution in [0.25, 0.3) is 11.4 Å². The van der Waals surface area contributed by atoms with E-state index in [1.165, 1.54) is 6.07 Å². The van der Waals surface area contributed by atoms with Crippen molar-refractivity contribution >= 4 is 17.7 Å². The zero-order chi connectivity index (χ0) is 19.6. The first kappa shape index (κ1) is 20.1. The highest BCUT2D eigenvalue weighted by Crippen LogP contribution is 2.16. The molecule has 28 heavy (non-hydrogen) atoms. The maximum atomic E-state index is 13.5. The predicted octanol–water partition coefficient (Wildman–Crippen LogP) is 4.25. The molecule has 0 aliphatic heterocycles. The number of hydrogen-bond acceptors (Lipinski definition) is 5. The van der Waals surface area contributed by atoms with Crippen LogP contribution in [0.15, 0.2) is 59.1 Å². The molecule has 2 aromatic carbocycles. The molecule has 0 bridgehead atoms. The second-order valence-corrected chi connectivity index (χ2v) is 7.33. The minimum Gasteiger partial charge on any atom is -0.355 e. The van der Waals surface area contributed by atoms with Crippen LogP contribution in [0.4, 0.5) is 4.39 Å². The van der Waals surface area contributed by atoms with Gasteiger partial charge in [-0.1, -0.05) is 53.7 Å². The SMILES string of the molecule is O=C(CCCc1nc(-c2ccccc2)no1)NCCSCc1ccccc1F. The van der Waals surface area contributed by atoms with E-state index in [4.69, 9.17) is 4.52 Å². The maximum Gasteiger partial charge on any atom is 0.226 e. The third kappa shape index (κ3) is 6.20. The summed E-state index contributed by atoms with van der Waals surface area (Å²) in [5.74, 6) is 2.25. The number of amides is 1. The molecule has 7 heteroatoms. The molecule has 3 aromatic rings. The van der Waals surface area contributed by atoms with Crippen molar-refractivity contribution in [1.82, 2.24) is 15.5 Å². The van der Waals surface area contributed by atoms with E-state index in [2.05, 4.69) is 15.5 Å². The van der Waals surface area contributed by atoms with Crippen LogP contribution in [0.5, 0.6) is 0 Å². The summed E-state index contributed by atoms with van der Waals surface area (Å²) < 4.78 is 18.7. The molecule has 0 aliphatic carbocycles. The number of nitrogens with zero attached hydrogens (tertiary/aromatic N) is 2. The average Bonchev–Trinajstić information content (AvgIpc) is 3.19. The number of aromatic nitrogens is 2. The van der Waals surface area contributed by atoms with E-state index < -0.39 is 0 Å². The second-order valence-electron chi connectivity index (χ2n) is 6.23. The highest BCUT2D eigenvalue weighted by Gasteiger charge is 2.09. The summed E-state index contributed by atoms with van der Waals surface area (Å²) in [4.78, 5) is 16.3. The van der Waals surface area contributed by atoms with Gasteiger partial charge in [-0.05, 0) is 18.1 Å². The molecule has 0 aliphatic rings. The Bertz CT molecular complexity index is 886. The van der Waals surface area contributed by atoms with Crippen molar-refractivity contribution in [3.63, 3.8) is 0 Å². The lowest BCUT2D eigenvalue weighted by Crippen LogP contribution is -2.25. The number of hydrogen-bond donors (Lipinski definition) is 1. The third-order valence-electron chi connectivity index (χ3n) is 4.08. The van der Waals surface area contributed by atoms with Gasteiger partial charge in [0.2, 0.25) is 17.6 Å². The summed E-state index contributed by atoms with van der Waals surface area (Å²) in [7, 11) is 0. The lowest BCUT2D eigenvalue weighted by Gasteiger charge is -2.05. The van der Waals surface area contributed by atoms with Gasteiger partial charge in [0.1, 0.15) is 5.82 Å². The number of aryl methyl sites for hydroxylation is 1. The van der Waals surface area contributed by atoms with Crippen LogP contribution in [0, 0.1) is 5.82 Å². The Labute approximate surface area is 167 Å². The minimum atomic E-state index is -0.185. The van der Waals surface area contributed by atoms with E-state index in [0.29, 0.717) is 48.8 Å². The highest BCUT2D eigenvalue weighted by atomic mass is 32.2. The van der Waals surface area contributed by atoms with Gasteiger partial charge < -0.3 is 9.84 Å². The van der Waals surface area contributed by atoms with E-state index >= 15 is 0 Å². The fraction of sp³-hybridized carbons (Fsp3) is 0.286. The zero-order valence-electron chi connectivity index (χ0n) is 15.4. The van der Waals surface area contributed by atoms with Gasteiger partial charge in [-0.2, -0.15) is 16.7 Å². The molecular weight excluding hydrogens is 377 g/mol. The van der Waals surface area contributed by atoms with Gasteiger partial charge in [0.05, 0.1) is 0 Å². The van der Waals surface area contributed by atoms with E-state index in [9.17, 15) is 9.18 Å². The van der Waals surface area contributed by atoms with Gasteiger partial charge in [-0.25, -0.2) is 4.39 Å². The van der Waals surface area contributed by atoms with Crippen LogP contribution in [0.1, 0.15) is 24.3 Å². The predicted molar refractivity (Wildman–Crippen MR) is 108 cm³/mol. The Morgan fingerprint density at radius 2 is 1.89 bits per heavy atom. The molecule has 0 saturated carbocycles. The van der Waals surface area contributed by atoms with Crippen molar-refractivity contribution < 1.29 is 13.7 Å². The standard InChI is InChI=1S/C21H22FN3O2S/c22-18-10-5-4-9-17(18)15-28-14-13-23-19(26)11-6-12-20-24-21(25-27-20)16-7-2-1-3-8-16/h1-5,7-10H,6,11-15H2,(H,23,26). The smallest absolute Gasteiger partial charge is 0.226 e. The Kier molecular flexibility index (Phi) is 7.61. The molecule has 3 rings (SSSR count). The molecule has 0 atom stereocenters. The lowest BCUT2D eigenvalue weighted by atomic mass is 10.2. The number of rotatable bonds is 10. The van der Waals surface area contributed by atoms with Gasteiger partial charge in [0.15, 0.2) is 0 Å². The van der Waals surface area contributed by atoms with Gasteiger partial charge >= 0.3 is 0 Å². The van der Waals surface area contributed by atoms with Crippen LogP contribution in [-0.4, -0.2) is 28.3 Å². The maximum absolute atomic E-state index is 13.5. The molecule has 1 aromatic heterocycles. The number of nitrogens with one attached hydrogen (secondary N) is 1. The molecule has 146 valence electrons. The Hall–Kier alpha value is -2.67. The van der Waals surface area contributed by atoms with Crippen molar-refractivity contribution in [1.29, 1.82) is 0 Å². The Morgan fingerprint density at radius 1 is 1.11 bits per heavy atom. The average molecular weight is 399 g/mol. The molecule has 1 N–H and O–H groups in total. The zero-order valence-corrected chi connectivity index (χ0v) is 16.3. The summed E-state index contributed by atoms with van der Waals surface area (Å²) in [6.07, 6.45) is 1.61. The summed E-state index contributed by atoms with van der Waals surface area (Å²) in [6, 6.07) is 16.4. The molecule has 0 radical (unpaired) electrons. The normalized spacial score (nSPS) is 10.8. The quantitative estimate of drug-likeness (QED) is 0.516. The van der Waals surface area contributed by atoms with E-state index in [0.717, 1.165) is 11.3 Å². The molecular formula is C21H22FN3O2S. The molecule has 0 fully saturated rings. The summed E-state index contributed by atoms with van der Waals surface area (Å²) >= 11 is 1.60. The fourth-order valence-electron chi connectivity index (χ4n) is 2.61. The van der Waals surface area contributed by atoms with Crippen LogP contribution in [0.3, 0.4) is 0 Å².